The van der Waals surface area contributed by atoms with Crippen LogP contribution in [0.4, 0.5) is 10.5 Å². The van der Waals surface area contributed by atoms with Crippen LogP contribution in [0, 0.1) is 18.3 Å². The van der Waals surface area contributed by atoms with Gasteiger partial charge in [0.15, 0.2) is 0 Å². The zero-order valence-corrected chi connectivity index (χ0v) is 15.7. The molecule has 1 unspecified atom stereocenters. The Morgan fingerprint density at radius 3 is 2.44 bits per heavy atom. The van der Waals surface area contributed by atoms with Crippen LogP contribution in [0.25, 0.3) is 0 Å². The lowest BCUT2D eigenvalue weighted by Gasteiger charge is -2.32. The lowest BCUT2D eigenvalue weighted by atomic mass is 9.83. The fourth-order valence-corrected chi connectivity index (χ4v) is 3.78. The number of aryl methyl sites for hydroxylation is 1. The van der Waals surface area contributed by atoms with Gasteiger partial charge in [0.05, 0.1) is 6.07 Å². The molecule has 0 radical (unpaired) electrons. The van der Waals surface area contributed by atoms with Crippen LogP contribution >= 0.6 is 0 Å². The number of benzene rings is 1. The van der Waals surface area contributed by atoms with Crippen molar-refractivity contribution in [3.05, 3.63) is 29.8 Å². The molecule has 1 aromatic rings. The Morgan fingerprint density at radius 2 is 1.85 bits per heavy atom. The summed E-state index contributed by atoms with van der Waals surface area (Å²) in [6.45, 7) is 3.22. The van der Waals surface area contributed by atoms with Gasteiger partial charge in [-0.1, -0.05) is 37.0 Å². The second kappa shape index (κ2) is 7.39. The van der Waals surface area contributed by atoms with Crippen LogP contribution in [0.2, 0.25) is 0 Å². The first-order valence-electron chi connectivity index (χ1n) is 9.30. The van der Waals surface area contributed by atoms with Gasteiger partial charge in [-0.3, -0.25) is 19.4 Å². The van der Waals surface area contributed by atoms with Gasteiger partial charge in [-0.15, -0.1) is 0 Å². The van der Waals surface area contributed by atoms with E-state index in [0.717, 1.165) is 29.7 Å². The molecular formula is C20H24N4O3. The molecule has 142 valence electrons. The summed E-state index contributed by atoms with van der Waals surface area (Å²) in [7, 11) is 0. The molecule has 1 aliphatic heterocycles. The molecule has 1 N–H and O–H groups in total. The highest BCUT2D eigenvalue weighted by molar-refractivity contribution is 6.15. The second-order valence-corrected chi connectivity index (χ2v) is 7.39. The number of nitrogens with one attached hydrogen (secondary N) is 1. The van der Waals surface area contributed by atoms with E-state index in [9.17, 15) is 19.6 Å². The molecule has 4 amide bonds. The number of nitrogens with zero attached hydrogens (tertiary/aromatic N) is 3. The number of anilines is 1. The highest BCUT2D eigenvalue weighted by Gasteiger charge is 2.44. The number of rotatable bonds is 4. The third kappa shape index (κ3) is 3.65. The number of carbonyl (C=O) groups excluding carboxylic acids is 3. The molecule has 2 fully saturated rings. The van der Waals surface area contributed by atoms with Crippen molar-refractivity contribution in [1.29, 1.82) is 5.26 Å². The minimum absolute atomic E-state index is 0.367. The summed E-state index contributed by atoms with van der Waals surface area (Å²) in [5, 5.41) is 12.3. The zero-order valence-electron chi connectivity index (χ0n) is 15.7. The van der Waals surface area contributed by atoms with Crippen LogP contribution < -0.4 is 10.2 Å². The van der Waals surface area contributed by atoms with Gasteiger partial charge in [-0.25, -0.2) is 4.79 Å². The first-order valence-corrected chi connectivity index (χ1v) is 9.30. The monoisotopic (exact) mass is 368 g/mol. The Balaban J connectivity index is 1.72. The first-order chi connectivity index (χ1) is 12.9. The Morgan fingerprint density at radius 1 is 1.22 bits per heavy atom. The topological polar surface area (TPSA) is 93.5 Å². The average Bonchev–Trinajstić information content (AvgIpc) is 2.87. The van der Waals surface area contributed by atoms with Gasteiger partial charge in [0, 0.05) is 5.69 Å². The summed E-state index contributed by atoms with van der Waals surface area (Å²) >= 11 is 0. The third-order valence-corrected chi connectivity index (χ3v) is 5.36. The largest absolute Gasteiger partial charge is 0.336 e. The maximum absolute atomic E-state index is 12.8. The maximum Gasteiger partial charge on any atom is 0.332 e. The number of nitriles is 1. The zero-order chi connectivity index (χ0) is 19.6. The summed E-state index contributed by atoms with van der Waals surface area (Å²) in [4.78, 5) is 40.2. The summed E-state index contributed by atoms with van der Waals surface area (Å²) in [5.41, 5.74) is 0.786. The van der Waals surface area contributed by atoms with Crippen LogP contribution in [-0.2, 0) is 9.59 Å². The Kier molecular flexibility index (Phi) is 5.17. The quantitative estimate of drug-likeness (QED) is 0.826. The van der Waals surface area contributed by atoms with Gasteiger partial charge in [-0.05, 0) is 38.8 Å². The minimum atomic E-state index is -0.886. The van der Waals surface area contributed by atoms with Gasteiger partial charge >= 0.3 is 6.03 Å². The lowest BCUT2D eigenvalue weighted by molar-refractivity contribution is -0.132. The molecule has 1 atom stereocenters. The van der Waals surface area contributed by atoms with Gasteiger partial charge in [0.1, 0.15) is 18.1 Å². The predicted octanol–water partition coefficient (Wildman–Crippen LogP) is 2.49. The van der Waals surface area contributed by atoms with Crippen LogP contribution in [0.15, 0.2) is 24.3 Å². The van der Waals surface area contributed by atoms with Crippen molar-refractivity contribution in [1.82, 2.24) is 10.2 Å². The van der Waals surface area contributed by atoms with E-state index in [4.69, 9.17) is 0 Å². The van der Waals surface area contributed by atoms with E-state index in [2.05, 4.69) is 11.4 Å². The molecule has 7 heteroatoms. The lowest BCUT2D eigenvalue weighted by Crippen LogP contribution is -2.52. The van der Waals surface area contributed by atoms with E-state index in [1.54, 1.807) is 19.1 Å². The highest BCUT2D eigenvalue weighted by Crippen LogP contribution is 2.28. The SMILES string of the molecule is Cc1ccc(N2C(=O)N(CC(=O)NC3(C#N)CCCCC3)C(=O)C2C)cc1. The number of amides is 4. The predicted molar refractivity (Wildman–Crippen MR) is 99.8 cm³/mol. The first kappa shape index (κ1) is 18.9. The number of urea groups is 1. The van der Waals surface area contributed by atoms with E-state index in [-0.39, 0.29) is 6.54 Å². The van der Waals surface area contributed by atoms with Crippen molar-refractivity contribution in [3.63, 3.8) is 0 Å². The van der Waals surface area contributed by atoms with Gasteiger partial charge in [-0.2, -0.15) is 5.26 Å². The molecule has 7 nitrogen and oxygen atoms in total. The average molecular weight is 368 g/mol. The molecule has 1 saturated carbocycles. The van der Waals surface area contributed by atoms with E-state index >= 15 is 0 Å². The van der Waals surface area contributed by atoms with E-state index in [1.165, 1.54) is 4.90 Å². The maximum atomic E-state index is 12.8. The second-order valence-electron chi connectivity index (χ2n) is 7.39. The van der Waals surface area contributed by atoms with E-state index in [0.29, 0.717) is 18.5 Å². The minimum Gasteiger partial charge on any atom is -0.336 e. The van der Waals surface area contributed by atoms with Gasteiger partial charge in [0.25, 0.3) is 5.91 Å². The molecule has 1 saturated heterocycles. The summed E-state index contributed by atoms with van der Waals surface area (Å²) in [5.74, 6) is -0.886. The molecule has 1 aliphatic carbocycles. The van der Waals surface area contributed by atoms with Crippen molar-refractivity contribution in [3.8, 4) is 6.07 Å². The van der Waals surface area contributed by atoms with Crippen LogP contribution in [0.1, 0.15) is 44.6 Å². The molecule has 3 rings (SSSR count). The number of hydrogen-bond acceptors (Lipinski definition) is 4. The fourth-order valence-electron chi connectivity index (χ4n) is 3.78. The summed E-state index contributed by atoms with van der Waals surface area (Å²) < 4.78 is 0. The van der Waals surface area contributed by atoms with Crippen LogP contribution in [-0.4, -0.2) is 40.9 Å². The number of hydrogen-bond donors (Lipinski definition) is 1. The Bertz CT molecular complexity index is 790. The third-order valence-electron chi connectivity index (χ3n) is 5.36. The van der Waals surface area contributed by atoms with E-state index < -0.39 is 29.4 Å². The fraction of sp³-hybridized carbons (Fsp3) is 0.500. The number of imide groups is 1. The van der Waals surface area contributed by atoms with E-state index in [1.807, 2.05) is 19.1 Å². The molecule has 1 heterocycles. The van der Waals surface area contributed by atoms with Crippen molar-refractivity contribution < 1.29 is 14.4 Å². The highest BCUT2D eigenvalue weighted by atomic mass is 16.2. The van der Waals surface area contributed by atoms with Crippen molar-refractivity contribution in [2.24, 2.45) is 0 Å². The van der Waals surface area contributed by atoms with Crippen LogP contribution in [0.3, 0.4) is 0 Å². The Hall–Kier alpha value is -2.88. The van der Waals surface area contributed by atoms with Crippen molar-refractivity contribution in [2.75, 3.05) is 11.4 Å². The van der Waals surface area contributed by atoms with Crippen molar-refractivity contribution in [2.45, 2.75) is 57.5 Å². The molecule has 1 aromatic carbocycles. The van der Waals surface area contributed by atoms with Crippen molar-refractivity contribution >= 4 is 23.5 Å². The number of carbonyl (C=O) groups is 3. The molecule has 0 bridgehead atoms. The molecule has 0 aromatic heterocycles. The van der Waals surface area contributed by atoms with Crippen LogP contribution in [0.5, 0.6) is 0 Å². The molecular weight excluding hydrogens is 344 g/mol. The summed E-state index contributed by atoms with van der Waals surface area (Å²) in [6, 6.07) is 8.34. The van der Waals surface area contributed by atoms with Gasteiger partial charge in [0.2, 0.25) is 5.91 Å². The molecule has 0 spiro atoms. The summed E-state index contributed by atoms with van der Waals surface area (Å²) in [6.07, 6.45) is 4.01. The Labute approximate surface area is 158 Å². The normalized spacial score (nSPS) is 21.9. The smallest absolute Gasteiger partial charge is 0.332 e. The van der Waals surface area contributed by atoms with Gasteiger partial charge < -0.3 is 5.32 Å². The molecule has 27 heavy (non-hydrogen) atoms. The molecule has 2 aliphatic rings. The standard InChI is InChI=1S/C20H24N4O3/c1-14-6-8-16(9-7-14)24-15(2)18(26)23(19(24)27)12-17(25)22-20(13-21)10-4-3-5-11-20/h6-9,15H,3-5,10-12H2,1-2H3,(H,22,25).